The molecule has 0 aliphatic heterocycles. The van der Waals surface area contributed by atoms with E-state index < -0.39 is 5.82 Å². The number of carbonyl (C=O) groups is 1. The number of pyridine rings is 1. The topological polar surface area (TPSA) is 42.0 Å². The van der Waals surface area contributed by atoms with Crippen molar-refractivity contribution in [1.29, 1.82) is 0 Å². The standard InChI is InChI=1S/C9H10ClFN2O/c1-6(3-10)13-9(14)7-2-8(11)5-12-4-7/h2,4-6H,3H2,1H3,(H,13,14). The van der Waals surface area contributed by atoms with Crippen molar-refractivity contribution in [3.05, 3.63) is 29.8 Å². The molecular formula is C9H10ClFN2O. The third kappa shape index (κ3) is 2.96. The Morgan fingerprint density at radius 2 is 2.43 bits per heavy atom. The van der Waals surface area contributed by atoms with Crippen LogP contribution >= 0.6 is 11.6 Å². The zero-order valence-electron chi connectivity index (χ0n) is 7.63. The highest BCUT2D eigenvalue weighted by Crippen LogP contribution is 2.01. The van der Waals surface area contributed by atoms with Gasteiger partial charge in [0.2, 0.25) is 0 Å². The largest absolute Gasteiger partial charge is 0.348 e. The van der Waals surface area contributed by atoms with Crippen LogP contribution in [0.1, 0.15) is 17.3 Å². The van der Waals surface area contributed by atoms with Crippen molar-refractivity contribution in [2.24, 2.45) is 0 Å². The summed E-state index contributed by atoms with van der Waals surface area (Å²) in [6.45, 7) is 1.76. The van der Waals surface area contributed by atoms with E-state index in [-0.39, 0.29) is 17.5 Å². The molecule has 0 spiro atoms. The van der Waals surface area contributed by atoms with Crippen molar-refractivity contribution >= 4 is 17.5 Å². The van der Waals surface area contributed by atoms with Gasteiger partial charge in [-0.05, 0) is 13.0 Å². The summed E-state index contributed by atoms with van der Waals surface area (Å²) in [5.41, 5.74) is 0.196. The molecule has 1 aromatic rings. The molecule has 1 heterocycles. The fraction of sp³-hybridized carbons (Fsp3) is 0.333. The summed E-state index contributed by atoms with van der Waals surface area (Å²) in [6.07, 6.45) is 2.35. The first kappa shape index (κ1) is 10.9. The summed E-state index contributed by atoms with van der Waals surface area (Å²) < 4.78 is 12.7. The molecule has 1 N–H and O–H groups in total. The maximum Gasteiger partial charge on any atom is 0.253 e. The highest BCUT2D eigenvalue weighted by Gasteiger charge is 2.09. The van der Waals surface area contributed by atoms with Gasteiger partial charge in [0.15, 0.2) is 0 Å². The maximum absolute atomic E-state index is 12.7. The van der Waals surface area contributed by atoms with Gasteiger partial charge in [-0.1, -0.05) is 0 Å². The number of halogens is 2. The second-order valence-electron chi connectivity index (χ2n) is 2.92. The number of hydrogen-bond acceptors (Lipinski definition) is 2. The normalized spacial score (nSPS) is 12.2. The van der Waals surface area contributed by atoms with Crippen LogP contribution in [-0.2, 0) is 0 Å². The fourth-order valence-electron chi connectivity index (χ4n) is 0.882. The number of nitrogens with zero attached hydrogens (tertiary/aromatic N) is 1. The van der Waals surface area contributed by atoms with E-state index in [9.17, 15) is 9.18 Å². The van der Waals surface area contributed by atoms with E-state index in [4.69, 9.17) is 11.6 Å². The molecule has 0 saturated heterocycles. The molecule has 3 nitrogen and oxygen atoms in total. The number of alkyl halides is 1. The van der Waals surface area contributed by atoms with Crippen LogP contribution in [-0.4, -0.2) is 22.8 Å². The van der Waals surface area contributed by atoms with Gasteiger partial charge in [0.05, 0.1) is 11.8 Å². The number of nitrogens with one attached hydrogen (secondary N) is 1. The van der Waals surface area contributed by atoms with Crippen LogP contribution in [0.15, 0.2) is 18.5 Å². The molecule has 1 rings (SSSR count). The van der Waals surface area contributed by atoms with Crippen molar-refractivity contribution in [3.63, 3.8) is 0 Å². The predicted molar refractivity (Wildman–Crippen MR) is 51.8 cm³/mol. The summed E-state index contributed by atoms with van der Waals surface area (Å²) in [4.78, 5) is 15.0. The van der Waals surface area contributed by atoms with Crippen molar-refractivity contribution in [2.75, 3.05) is 5.88 Å². The van der Waals surface area contributed by atoms with E-state index in [0.717, 1.165) is 12.3 Å². The molecule has 1 atom stereocenters. The smallest absolute Gasteiger partial charge is 0.253 e. The number of aromatic nitrogens is 1. The number of carbonyl (C=O) groups excluding carboxylic acids is 1. The fourth-order valence-corrected chi connectivity index (χ4v) is 0.959. The zero-order valence-corrected chi connectivity index (χ0v) is 8.38. The van der Waals surface area contributed by atoms with Crippen LogP contribution < -0.4 is 5.32 Å². The molecule has 5 heteroatoms. The molecule has 76 valence electrons. The van der Waals surface area contributed by atoms with Crippen LogP contribution in [0.3, 0.4) is 0 Å². The minimum Gasteiger partial charge on any atom is -0.348 e. The minimum absolute atomic E-state index is 0.146. The summed E-state index contributed by atoms with van der Waals surface area (Å²) >= 11 is 5.51. The highest BCUT2D eigenvalue weighted by molar-refractivity contribution is 6.18. The first-order chi connectivity index (χ1) is 6.63. The van der Waals surface area contributed by atoms with Gasteiger partial charge in [-0.2, -0.15) is 0 Å². The summed E-state index contributed by atoms with van der Waals surface area (Å²) in [6, 6.07) is 0.982. The Hall–Kier alpha value is -1.16. The Morgan fingerprint density at radius 1 is 1.71 bits per heavy atom. The lowest BCUT2D eigenvalue weighted by atomic mass is 10.2. The maximum atomic E-state index is 12.7. The van der Waals surface area contributed by atoms with Gasteiger partial charge < -0.3 is 5.32 Å². The Morgan fingerprint density at radius 3 is 3.00 bits per heavy atom. The van der Waals surface area contributed by atoms with Gasteiger partial charge in [-0.25, -0.2) is 4.39 Å². The zero-order chi connectivity index (χ0) is 10.6. The molecule has 1 unspecified atom stereocenters. The SMILES string of the molecule is CC(CCl)NC(=O)c1cncc(F)c1. The number of hydrogen-bond donors (Lipinski definition) is 1. The van der Waals surface area contributed by atoms with Gasteiger partial charge in [0.25, 0.3) is 5.91 Å². The molecule has 0 aliphatic carbocycles. The monoisotopic (exact) mass is 216 g/mol. The quantitative estimate of drug-likeness (QED) is 0.780. The first-order valence-electron chi connectivity index (χ1n) is 4.11. The molecule has 1 amide bonds. The lowest BCUT2D eigenvalue weighted by Crippen LogP contribution is -2.33. The van der Waals surface area contributed by atoms with Crippen LogP contribution in [0, 0.1) is 5.82 Å². The van der Waals surface area contributed by atoms with E-state index in [1.165, 1.54) is 6.20 Å². The van der Waals surface area contributed by atoms with Crippen molar-refractivity contribution in [2.45, 2.75) is 13.0 Å². The second kappa shape index (κ2) is 4.91. The van der Waals surface area contributed by atoms with Crippen LogP contribution in [0.2, 0.25) is 0 Å². The lowest BCUT2D eigenvalue weighted by molar-refractivity contribution is 0.0942. The van der Waals surface area contributed by atoms with Crippen LogP contribution in [0.4, 0.5) is 4.39 Å². The molecule has 0 saturated carbocycles. The predicted octanol–water partition coefficient (Wildman–Crippen LogP) is 1.58. The highest BCUT2D eigenvalue weighted by atomic mass is 35.5. The van der Waals surface area contributed by atoms with Crippen LogP contribution in [0.25, 0.3) is 0 Å². The van der Waals surface area contributed by atoms with Gasteiger partial charge in [0, 0.05) is 18.1 Å². The number of rotatable bonds is 3. The van der Waals surface area contributed by atoms with E-state index in [1.807, 2.05) is 0 Å². The molecule has 0 bridgehead atoms. The van der Waals surface area contributed by atoms with Crippen molar-refractivity contribution in [1.82, 2.24) is 10.3 Å². The summed E-state index contributed by atoms with van der Waals surface area (Å²) in [5, 5.41) is 2.60. The average molecular weight is 217 g/mol. The second-order valence-corrected chi connectivity index (χ2v) is 3.23. The minimum atomic E-state index is -0.531. The van der Waals surface area contributed by atoms with Crippen molar-refractivity contribution in [3.8, 4) is 0 Å². The van der Waals surface area contributed by atoms with E-state index >= 15 is 0 Å². The van der Waals surface area contributed by atoms with E-state index in [1.54, 1.807) is 6.92 Å². The van der Waals surface area contributed by atoms with Gasteiger partial charge in [0.1, 0.15) is 5.82 Å². The Balaban J connectivity index is 2.70. The Kier molecular flexibility index (Phi) is 3.83. The van der Waals surface area contributed by atoms with E-state index in [2.05, 4.69) is 10.3 Å². The van der Waals surface area contributed by atoms with Gasteiger partial charge in [-0.15, -0.1) is 11.6 Å². The molecule has 0 radical (unpaired) electrons. The third-order valence-electron chi connectivity index (χ3n) is 1.58. The molecule has 0 fully saturated rings. The molecular weight excluding hydrogens is 207 g/mol. The first-order valence-corrected chi connectivity index (χ1v) is 4.64. The average Bonchev–Trinajstić information content (AvgIpc) is 2.17. The summed E-state index contributed by atoms with van der Waals surface area (Å²) in [5.74, 6) is -0.588. The molecule has 14 heavy (non-hydrogen) atoms. The Bertz CT molecular complexity index is 332. The Labute approximate surface area is 86.3 Å². The molecule has 0 aromatic carbocycles. The molecule has 1 aromatic heterocycles. The number of amides is 1. The van der Waals surface area contributed by atoms with Gasteiger partial charge in [-0.3, -0.25) is 9.78 Å². The van der Waals surface area contributed by atoms with Gasteiger partial charge >= 0.3 is 0 Å². The van der Waals surface area contributed by atoms with E-state index in [0.29, 0.717) is 5.88 Å². The van der Waals surface area contributed by atoms with Crippen molar-refractivity contribution < 1.29 is 9.18 Å². The lowest BCUT2D eigenvalue weighted by Gasteiger charge is -2.09. The summed E-state index contributed by atoms with van der Waals surface area (Å²) in [7, 11) is 0. The third-order valence-corrected chi connectivity index (χ3v) is 2.04. The molecule has 0 aliphatic rings. The van der Waals surface area contributed by atoms with Crippen LogP contribution in [0.5, 0.6) is 0 Å².